The second-order valence-electron chi connectivity index (χ2n) is 6.48. The van der Waals surface area contributed by atoms with Crippen LogP contribution in [0, 0.1) is 6.92 Å². The van der Waals surface area contributed by atoms with Crippen LogP contribution in [0.3, 0.4) is 0 Å². The van der Waals surface area contributed by atoms with Crippen molar-refractivity contribution >= 4 is 11.0 Å². The predicted molar refractivity (Wildman–Crippen MR) is 91.4 cm³/mol. The Morgan fingerprint density at radius 3 is 3.00 bits per heavy atom. The lowest BCUT2D eigenvalue weighted by Crippen LogP contribution is -2.27. The maximum atomic E-state index is 4.72. The summed E-state index contributed by atoms with van der Waals surface area (Å²) in [6.45, 7) is 4.94. The van der Waals surface area contributed by atoms with Gasteiger partial charge in [0.2, 0.25) is 0 Å². The Balaban J connectivity index is 1.45. The fourth-order valence-electron chi connectivity index (χ4n) is 3.61. The second-order valence-corrected chi connectivity index (χ2v) is 6.48. The van der Waals surface area contributed by atoms with Gasteiger partial charge in [-0.2, -0.15) is 0 Å². The molecule has 0 aliphatic carbocycles. The van der Waals surface area contributed by atoms with E-state index in [1.54, 1.807) is 0 Å². The summed E-state index contributed by atoms with van der Waals surface area (Å²) in [7, 11) is 2.09. The Hall–Kier alpha value is -2.14. The van der Waals surface area contributed by atoms with Crippen molar-refractivity contribution in [2.45, 2.75) is 38.8 Å². The van der Waals surface area contributed by atoms with E-state index in [9.17, 15) is 0 Å². The molecule has 1 aliphatic rings. The Bertz CT molecular complexity index is 829. The largest absolute Gasteiger partial charge is 0.334 e. The van der Waals surface area contributed by atoms with Crippen molar-refractivity contribution in [2.75, 3.05) is 6.54 Å². The molecule has 1 aromatic carbocycles. The van der Waals surface area contributed by atoms with Gasteiger partial charge in [0.25, 0.3) is 0 Å². The molecule has 3 heterocycles. The lowest BCUT2D eigenvalue weighted by molar-refractivity contribution is 0.420. The lowest BCUT2D eigenvalue weighted by atomic mass is 9.99. The summed E-state index contributed by atoms with van der Waals surface area (Å²) in [5.41, 5.74) is 3.38. The zero-order valence-corrected chi connectivity index (χ0v) is 13.8. The van der Waals surface area contributed by atoms with E-state index < -0.39 is 0 Å². The van der Waals surface area contributed by atoms with Gasteiger partial charge in [-0.1, -0.05) is 12.1 Å². The SMILES string of the molecule is Cc1cn2c(n1)C(CNCc1nc3ccccc3n1C)CCC2. The van der Waals surface area contributed by atoms with Gasteiger partial charge in [0.05, 0.1) is 23.3 Å². The van der Waals surface area contributed by atoms with Crippen molar-refractivity contribution in [3.05, 3.63) is 47.8 Å². The Morgan fingerprint density at radius 2 is 2.13 bits per heavy atom. The van der Waals surface area contributed by atoms with Crippen LogP contribution in [-0.4, -0.2) is 25.6 Å². The molecule has 3 aromatic rings. The first-order chi connectivity index (χ1) is 11.2. The number of nitrogens with one attached hydrogen (secondary N) is 1. The van der Waals surface area contributed by atoms with E-state index in [0.29, 0.717) is 5.92 Å². The van der Waals surface area contributed by atoms with Crippen LogP contribution in [0.5, 0.6) is 0 Å². The second kappa shape index (κ2) is 5.81. The molecular formula is C18H23N5. The molecule has 4 rings (SSSR count). The fourth-order valence-corrected chi connectivity index (χ4v) is 3.61. The Labute approximate surface area is 136 Å². The van der Waals surface area contributed by atoms with Gasteiger partial charge in [-0.15, -0.1) is 0 Å². The van der Waals surface area contributed by atoms with Crippen molar-refractivity contribution in [3.63, 3.8) is 0 Å². The van der Waals surface area contributed by atoms with Crippen LogP contribution in [0.4, 0.5) is 0 Å². The summed E-state index contributed by atoms with van der Waals surface area (Å²) in [6.07, 6.45) is 4.63. The van der Waals surface area contributed by atoms with Crippen molar-refractivity contribution < 1.29 is 0 Å². The molecule has 0 saturated heterocycles. The van der Waals surface area contributed by atoms with Crippen LogP contribution in [0.25, 0.3) is 11.0 Å². The average Bonchev–Trinajstić information content (AvgIpc) is 3.08. The molecule has 0 amide bonds. The first-order valence-corrected chi connectivity index (χ1v) is 8.37. The van der Waals surface area contributed by atoms with E-state index in [2.05, 4.69) is 52.8 Å². The van der Waals surface area contributed by atoms with Gasteiger partial charge in [0, 0.05) is 32.3 Å². The summed E-state index contributed by atoms with van der Waals surface area (Å²) in [4.78, 5) is 9.44. The van der Waals surface area contributed by atoms with Crippen LogP contribution in [-0.2, 0) is 20.1 Å². The third-order valence-electron chi connectivity index (χ3n) is 4.80. The molecule has 1 atom stereocenters. The molecule has 0 fully saturated rings. The number of nitrogens with zero attached hydrogens (tertiary/aromatic N) is 4. The molecule has 5 heteroatoms. The molecule has 23 heavy (non-hydrogen) atoms. The average molecular weight is 309 g/mol. The number of aryl methyl sites for hydroxylation is 3. The first-order valence-electron chi connectivity index (χ1n) is 8.37. The first kappa shape index (κ1) is 14.5. The van der Waals surface area contributed by atoms with Crippen LogP contribution in [0.15, 0.2) is 30.5 Å². The maximum Gasteiger partial charge on any atom is 0.123 e. The summed E-state index contributed by atoms with van der Waals surface area (Å²) in [5, 5.41) is 3.59. The number of imidazole rings is 2. The van der Waals surface area contributed by atoms with Crippen molar-refractivity contribution in [1.82, 2.24) is 24.4 Å². The molecule has 1 unspecified atom stereocenters. The number of aromatic nitrogens is 4. The van der Waals surface area contributed by atoms with Crippen LogP contribution >= 0.6 is 0 Å². The number of para-hydroxylation sites is 2. The molecule has 2 aromatic heterocycles. The number of hydrogen-bond acceptors (Lipinski definition) is 3. The zero-order valence-electron chi connectivity index (χ0n) is 13.8. The standard InChI is InChI=1S/C18H23N5/c1-13-12-23-9-5-6-14(18(23)20-13)10-19-11-17-21-15-7-3-4-8-16(15)22(17)2/h3-4,7-8,12,14,19H,5-6,9-11H2,1-2H3. The number of hydrogen-bond donors (Lipinski definition) is 1. The number of rotatable bonds is 4. The maximum absolute atomic E-state index is 4.72. The topological polar surface area (TPSA) is 47.7 Å². The number of benzene rings is 1. The molecular weight excluding hydrogens is 286 g/mol. The van der Waals surface area contributed by atoms with Gasteiger partial charge in [-0.3, -0.25) is 0 Å². The normalized spacial score (nSPS) is 17.6. The molecule has 0 spiro atoms. The quantitative estimate of drug-likeness (QED) is 0.806. The smallest absolute Gasteiger partial charge is 0.123 e. The minimum atomic E-state index is 0.507. The van der Waals surface area contributed by atoms with E-state index in [1.165, 1.54) is 24.2 Å². The van der Waals surface area contributed by atoms with Crippen LogP contribution < -0.4 is 5.32 Å². The summed E-state index contributed by atoms with van der Waals surface area (Å²) in [5.74, 6) is 2.83. The lowest BCUT2D eigenvalue weighted by Gasteiger charge is -2.23. The summed E-state index contributed by atoms with van der Waals surface area (Å²) in [6, 6.07) is 8.29. The molecule has 1 aliphatic heterocycles. The monoisotopic (exact) mass is 309 g/mol. The van der Waals surface area contributed by atoms with Gasteiger partial charge in [-0.05, 0) is 31.9 Å². The summed E-state index contributed by atoms with van der Waals surface area (Å²) < 4.78 is 4.49. The predicted octanol–water partition coefficient (Wildman–Crippen LogP) is 2.75. The minimum Gasteiger partial charge on any atom is -0.334 e. The van der Waals surface area contributed by atoms with Gasteiger partial charge >= 0.3 is 0 Å². The summed E-state index contributed by atoms with van der Waals surface area (Å²) >= 11 is 0. The Kier molecular flexibility index (Phi) is 3.65. The number of fused-ring (bicyclic) bond motifs is 2. The molecule has 120 valence electrons. The highest BCUT2D eigenvalue weighted by Gasteiger charge is 2.22. The van der Waals surface area contributed by atoms with E-state index in [0.717, 1.165) is 36.7 Å². The van der Waals surface area contributed by atoms with Crippen LogP contribution in [0.2, 0.25) is 0 Å². The van der Waals surface area contributed by atoms with Gasteiger partial charge < -0.3 is 14.5 Å². The van der Waals surface area contributed by atoms with Gasteiger partial charge in [-0.25, -0.2) is 9.97 Å². The van der Waals surface area contributed by atoms with Crippen LogP contribution in [0.1, 0.15) is 36.1 Å². The molecule has 0 bridgehead atoms. The third-order valence-corrected chi connectivity index (χ3v) is 4.80. The van der Waals surface area contributed by atoms with Crippen molar-refractivity contribution in [1.29, 1.82) is 0 Å². The van der Waals surface area contributed by atoms with Gasteiger partial charge in [0.15, 0.2) is 0 Å². The molecule has 1 N–H and O–H groups in total. The molecule has 0 radical (unpaired) electrons. The van der Waals surface area contributed by atoms with E-state index in [4.69, 9.17) is 9.97 Å². The Morgan fingerprint density at radius 1 is 1.26 bits per heavy atom. The highest BCUT2D eigenvalue weighted by molar-refractivity contribution is 5.75. The fraction of sp³-hybridized carbons (Fsp3) is 0.444. The van der Waals surface area contributed by atoms with E-state index in [1.807, 2.05) is 6.07 Å². The zero-order chi connectivity index (χ0) is 15.8. The highest BCUT2D eigenvalue weighted by atomic mass is 15.1. The van der Waals surface area contributed by atoms with Gasteiger partial charge in [0.1, 0.15) is 11.6 Å². The third kappa shape index (κ3) is 2.65. The molecule has 0 saturated carbocycles. The van der Waals surface area contributed by atoms with Crippen molar-refractivity contribution in [3.8, 4) is 0 Å². The highest BCUT2D eigenvalue weighted by Crippen LogP contribution is 2.26. The van der Waals surface area contributed by atoms with Crippen molar-refractivity contribution in [2.24, 2.45) is 7.05 Å². The van der Waals surface area contributed by atoms with E-state index in [-0.39, 0.29) is 0 Å². The minimum absolute atomic E-state index is 0.507. The molecule has 5 nitrogen and oxygen atoms in total. The van der Waals surface area contributed by atoms with E-state index >= 15 is 0 Å².